The number of methoxy groups -OCH3 is 1. The maximum Gasteiger partial charge on any atom is 0.212 e. The lowest BCUT2D eigenvalue weighted by atomic mass is 9.93. The molecule has 0 saturated heterocycles. The van der Waals surface area contributed by atoms with Gasteiger partial charge in [0.15, 0.2) is 0 Å². The Morgan fingerprint density at radius 1 is 1.47 bits per heavy atom. The first-order valence-corrected chi connectivity index (χ1v) is 6.28. The maximum atomic E-state index is 5.66. The van der Waals surface area contributed by atoms with Gasteiger partial charge in [0.1, 0.15) is 0 Å². The quantitative estimate of drug-likeness (QED) is 0.602. The van der Waals surface area contributed by atoms with E-state index in [9.17, 15) is 0 Å². The van der Waals surface area contributed by atoms with Crippen LogP contribution in [-0.2, 0) is 6.42 Å². The molecule has 1 aromatic rings. The number of pyridine rings is 1. The molecule has 0 aliphatic heterocycles. The first-order valence-electron chi connectivity index (χ1n) is 6.28. The van der Waals surface area contributed by atoms with Gasteiger partial charge in [0, 0.05) is 18.3 Å². The first-order chi connectivity index (χ1) is 8.33. The fraction of sp³-hybridized carbons (Fsp3) is 0.615. The van der Waals surface area contributed by atoms with Crippen LogP contribution in [0, 0.1) is 5.92 Å². The van der Waals surface area contributed by atoms with Gasteiger partial charge in [-0.3, -0.25) is 11.3 Å². The fourth-order valence-corrected chi connectivity index (χ4v) is 2.63. The summed E-state index contributed by atoms with van der Waals surface area (Å²) in [6, 6.07) is 4.33. The average molecular weight is 235 g/mol. The van der Waals surface area contributed by atoms with E-state index in [1.807, 2.05) is 12.3 Å². The lowest BCUT2D eigenvalue weighted by Crippen LogP contribution is -2.41. The number of hydrogen-bond donors (Lipinski definition) is 2. The molecule has 1 fully saturated rings. The normalized spacial score (nSPS) is 18.2. The van der Waals surface area contributed by atoms with Gasteiger partial charge in [-0.25, -0.2) is 4.98 Å². The standard InChI is InChI=1S/C13H21N3O/c1-17-13-7-6-10(9-15-13)8-12(16-14)11-4-2-3-5-11/h6-7,9,11-12,16H,2-5,8,14H2,1H3. The number of hydrogen-bond acceptors (Lipinski definition) is 4. The third-order valence-electron chi connectivity index (χ3n) is 3.65. The zero-order valence-corrected chi connectivity index (χ0v) is 10.4. The molecule has 17 heavy (non-hydrogen) atoms. The molecule has 1 aromatic heterocycles. The summed E-state index contributed by atoms with van der Waals surface area (Å²) < 4.78 is 5.05. The zero-order valence-electron chi connectivity index (χ0n) is 10.4. The molecule has 1 unspecified atom stereocenters. The monoisotopic (exact) mass is 235 g/mol. The molecule has 0 spiro atoms. The predicted molar refractivity (Wildman–Crippen MR) is 67.6 cm³/mol. The summed E-state index contributed by atoms with van der Waals surface area (Å²) in [6.45, 7) is 0. The lowest BCUT2D eigenvalue weighted by Gasteiger charge is -2.22. The van der Waals surface area contributed by atoms with E-state index in [1.54, 1.807) is 7.11 Å². The molecule has 4 heteroatoms. The Kier molecular flexibility index (Phi) is 4.34. The molecular weight excluding hydrogens is 214 g/mol. The minimum Gasteiger partial charge on any atom is -0.481 e. The number of nitrogens with zero attached hydrogens (tertiary/aromatic N) is 1. The molecular formula is C13H21N3O. The lowest BCUT2D eigenvalue weighted by molar-refractivity contribution is 0.360. The summed E-state index contributed by atoms with van der Waals surface area (Å²) in [5.41, 5.74) is 4.17. The highest BCUT2D eigenvalue weighted by Crippen LogP contribution is 2.28. The van der Waals surface area contributed by atoms with E-state index in [4.69, 9.17) is 10.6 Å². The molecule has 0 radical (unpaired) electrons. The molecule has 1 aliphatic rings. The number of hydrazine groups is 1. The van der Waals surface area contributed by atoms with Gasteiger partial charge in [0.2, 0.25) is 5.88 Å². The Hall–Kier alpha value is -1.13. The van der Waals surface area contributed by atoms with Gasteiger partial charge in [-0.05, 0) is 30.7 Å². The van der Waals surface area contributed by atoms with Crippen molar-refractivity contribution in [3.05, 3.63) is 23.9 Å². The van der Waals surface area contributed by atoms with Crippen molar-refractivity contribution in [2.75, 3.05) is 7.11 Å². The summed E-state index contributed by atoms with van der Waals surface area (Å²) in [4.78, 5) is 4.22. The highest BCUT2D eigenvalue weighted by atomic mass is 16.5. The predicted octanol–water partition coefficient (Wildman–Crippen LogP) is 1.65. The van der Waals surface area contributed by atoms with Crippen molar-refractivity contribution in [3.63, 3.8) is 0 Å². The van der Waals surface area contributed by atoms with Crippen LogP contribution >= 0.6 is 0 Å². The van der Waals surface area contributed by atoms with Crippen LogP contribution < -0.4 is 16.0 Å². The summed E-state index contributed by atoms with van der Waals surface area (Å²) >= 11 is 0. The summed E-state index contributed by atoms with van der Waals surface area (Å²) in [5, 5.41) is 0. The molecule has 1 saturated carbocycles. The second kappa shape index (κ2) is 5.98. The van der Waals surface area contributed by atoms with E-state index < -0.39 is 0 Å². The van der Waals surface area contributed by atoms with Gasteiger partial charge in [0.25, 0.3) is 0 Å². The second-order valence-corrected chi connectivity index (χ2v) is 4.73. The molecule has 94 valence electrons. The van der Waals surface area contributed by atoms with E-state index in [0.717, 1.165) is 6.42 Å². The van der Waals surface area contributed by atoms with Gasteiger partial charge in [-0.2, -0.15) is 0 Å². The van der Waals surface area contributed by atoms with Crippen LogP contribution in [0.1, 0.15) is 31.2 Å². The molecule has 3 N–H and O–H groups in total. The average Bonchev–Trinajstić information content (AvgIpc) is 2.90. The Balaban J connectivity index is 1.96. The van der Waals surface area contributed by atoms with Crippen LogP contribution in [0.3, 0.4) is 0 Å². The number of nitrogens with two attached hydrogens (primary N) is 1. The van der Waals surface area contributed by atoms with Crippen molar-refractivity contribution < 1.29 is 4.74 Å². The molecule has 0 bridgehead atoms. The van der Waals surface area contributed by atoms with E-state index in [2.05, 4.69) is 16.5 Å². The minimum absolute atomic E-state index is 0.368. The molecule has 1 aliphatic carbocycles. The van der Waals surface area contributed by atoms with Gasteiger partial charge in [0.05, 0.1) is 7.11 Å². The Morgan fingerprint density at radius 3 is 2.76 bits per heavy atom. The minimum atomic E-state index is 0.368. The number of rotatable bonds is 5. The Bertz CT molecular complexity index is 333. The van der Waals surface area contributed by atoms with Gasteiger partial charge < -0.3 is 4.74 Å². The molecule has 0 amide bonds. The largest absolute Gasteiger partial charge is 0.481 e. The van der Waals surface area contributed by atoms with Crippen LogP contribution in [0.15, 0.2) is 18.3 Å². The van der Waals surface area contributed by atoms with E-state index >= 15 is 0 Å². The zero-order chi connectivity index (χ0) is 12.1. The van der Waals surface area contributed by atoms with Crippen LogP contribution in [0.5, 0.6) is 5.88 Å². The molecule has 2 rings (SSSR count). The van der Waals surface area contributed by atoms with Crippen LogP contribution in [0.25, 0.3) is 0 Å². The van der Waals surface area contributed by atoms with Crippen molar-refractivity contribution >= 4 is 0 Å². The van der Waals surface area contributed by atoms with Gasteiger partial charge in [-0.15, -0.1) is 0 Å². The van der Waals surface area contributed by atoms with E-state index in [0.29, 0.717) is 17.8 Å². The Labute approximate surface area is 103 Å². The van der Waals surface area contributed by atoms with Crippen LogP contribution in [0.2, 0.25) is 0 Å². The third kappa shape index (κ3) is 3.17. The summed E-state index contributed by atoms with van der Waals surface area (Å²) in [6.07, 6.45) is 8.07. The fourth-order valence-electron chi connectivity index (χ4n) is 2.63. The topological polar surface area (TPSA) is 60.2 Å². The number of ether oxygens (including phenoxy) is 1. The van der Waals surface area contributed by atoms with E-state index in [-0.39, 0.29) is 0 Å². The Morgan fingerprint density at radius 2 is 2.24 bits per heavy atom. The molecule has 4 nitrogen and oxygen atoms in total. The van der Waals surface area contributed by atoms with Crippen molar-refractivity contribution in [1.82, 2.24) is 10.4 Å². The molecule has 0 aromatic carbocycles. The maximum absolute atomic E-state index is 5.66. The van der Waals surface area contributed by atoms with Gasteiger partial charge >= 0.3 is 0 Å². The SMILES string of the molecule is COc1ccc(CC(NN)C2CCCC2)cn1. The third-order valence-corrected chi connectivity index (χ3v) is 3.65. The van der Waals surface area contributed by atoms with Crippen LogP contribution in [-0.4, -0.2) is 18.1 Å². The van der Waals surface area contributed by atoms with E-state index in [1.165, 1.54) is 31.2 Å². The van der Waals surface area contributed by atoms with Gasteiger partial charge in [-0.1, -0.05) is 18.9 Å². The highest BCUT2D eigenvalue weighted by Gasteiger charge is 2.24. The molecule has 1 heterocycles. The van der Waals surface area contributed by atoms with Crippen molar-refractivity contribution in [3.8, 4) is 5.88 Å². The van der Waals surface area contributed by atoms with Crippen LogP contribution in [0.4, 0.5) is 0 Å². The number of aromatic nitrogens is 1. The van der Waals surface area contributed by atoms with Crippen molar-refractivity contribution in [2.24, 2.45) is 11.8 Å². The number of nitrogens with one attached hydrogen (secondary N) is 1. The second-order valence-electron chi connectivity index (χ2n) is 4.73. The first kappa shape index (κ1) is 12.3. The van der Waals surface area contributed by atoms with Crippen molar-refractivity contribution in [2.45, 2.75) is 38.1 Å². The van der Waals surface area contributed by atoms with Crippen molar-refractivity contribution in [1.29, 1.82) is 0 Å². The summed E-state index contributed by atoms with van der Waals surface area (Å²) in [5.74, 6) is 7.03. The highest BCUT2D eigenvalue weighted by molar-refractivity contribution is 5.18. The smallest absolute Gasteiger partial charge is 0.212 e. The summed E-state index contributed by atoms with van der Waals surface area (Å²) in [7, 11) is 1.63. The molecule has 1 atom stereocenters.